The topological polar surface area (TPSA) is 17.1 Å². The highest BCUT2D eigenvalue weighted by Gasteiger charge is 2.09. The molecule has 13 heavy (non-hydrogen) atoms. The van der Waals surface area contributed by atoms with Gasteiger partial charge in [-0.2, -0.15) is 0 Å². The molecule has 1 aromatic heterocycles. The maximum absolute atomic E-state index is 13.0. The second-order valence-corrected chi connectivity index (χ2v) is 3.62. The number of halogens is 2. The fourth-order valence-corrected chi connectivity index (χ4v) is 2.03. The van der Waals surface area contributed by atoms with Crippen LogP contribution in [0.5, 0.6) is 0 Å². The Morgan fingerprint density at radius 1 is 1.23 bits per heavy atom. The number of aldehydes is 1. The van der Waals surface area contributed by atoms with Gasteiger partial charge in [0.25, 0.3) is 0 Å². The lowest BCUT2D eigenvalue weighted by atomic mass is 10.2. The summed E-state index contributed by atoms with van der Waals surface area (Å²) in [6.45, 7) is 0. The van der Waals surface area contributed by atoms with Gasteiger partial charge in [-0.1, -0.05) is 0 Å². The Morgan fingerprint density at radius 3 is 2.54 bits per heavy atom. The molecule has 0 radical (unpaired) electrons. The maximum atomic E-state index is 13.0. The SMILES string of the molecule is O=Cc1cc2c(F)ccc(F)c2s1. The standard InChI is InChI=1S/C9H4F2OS/c10-7-1-2-8(11)9-6(7)3-5(4-12)13-9/h1-4H. The van der Waals surface area contributed by atoms with Crippen molar-refractivity contribution in [2.75, 3.05) is 0 Å². The molecule has 2 rings (SSSR count). The molecule has 0 aliphatic heterocycles. The van der Waals surface area contributed by atoms with Crippen molar-refractivity contribution in [2.45, 2.75) is 0 Å². The van der Waals surface area contributed by atoms with Crippen LogP contribution in [0.1, 0.15) is 9.67 Å². The minimum absolute atomic E-state index is 0.173. The van der Waals surface area contributed by atoms with Gasteiger partial charge >= 0.3 is 0 Å². The average Bonchev–Trinajstić information content (AvgIpc) is 2.56. The summed E-state index contributed by atoms with van der Waals surface area (Å²) < 4.78 is 26.3. The van der Waals surface area contributed by atoms with Gasteiger partial charge in [0.05, 0.1) is 9.58 Å². The molecule has 0 N–H and O–H groups in total. The van der Waals surface area contributed by atoms with Gasteiger partial charge in [0.1, 0.15) is 11.6 Å². The summed E-state index contributed by atoms with van der Waals surface area (Å²) >= 11 is 0.955. The van der Waals surface area contributed by atoms with Gasteiger partial charge in [-0.15, -0.1) is 11.3 Å². The molecular weight excluding hydrogens is 194 g/mol. The monoisotopic (exact) mass is 198 g/mol. The summed E-state index contributed by atoms with van der Waals surface area (Å²) in [5, 5.41) is 0.173. The number of hydrogen-bond acceptors (Lipinski definition) is 2. The number of carbonyl (C=O) groups excluding carboxylic acids is 1. The second-order valence-electron chi connectivity index (χ2n) is 2.54. The van der Waals surface area contributed by atoms with Crippen LogP contribution >= 0.6 is 11.3 Å². The van der Waals surface area contributed by atoms with Crippen molar-refractivity contribution in [1.29, 1.82) is 0 Å². The molecule has 4 heteroatoms. The van der Waals surface area contributed by atoms with Gasteiger partial charge in [0.15, 0.2) is 6.29 Å². The van der Waals surface area contributed by atoms with E-state index in [0.29, 0.717) is 11.2 Å². The highest BCUT2D eigenvalue weighted by molar-refractivity contribution is 7.20. The van der Waals surface area contributed by atoms with Gasteiger partial charge in [-0.3, -0.25) is 4.79 Å². The summed E-state index contributed by atoms with van der Waals surface area (Å²) in [6, 6.07) is 3.47. The number of hydrogen-bond donors (Lipinski definition) is 0. The first-order valence-corrected chi connectivity index (χ1v) is 4.37. The Hall–Kier alpha value is -1.29. The number of benzene rings is 1. The molecule has 0 unspecified atom stereocenters. The van der Waals surface area contributed by atoms with E-state index in [1.54, 1.807) is 0 Å². The Morgan fingerprint density at radius 2 is 1.92 bits per heavy atom. The lowest BCUT2D eigenvalue weighted by Crippen LogP contribution is -1.77. The van der Waals surface area contributed by atoms with Crippen molar-refractivity contribution in [3.05, 3.63) is 34.7 Å². The van der Waals surface area contributed by atoms with E-state index in [0.717, 1.165) is 23.5 Å². The Bertz CT molecular complexity index is 437. The molecule has 0 saturated carbocycles. The van der Waals surface area contributed by atoms with Gasteiger partial charge in [0, 0.05) is 5.39 Å². The van der Waals surface area contributed by atoms with E-state index in [9.17, 15) is 13.6 Å². The predicted octanol–water partition coefficient (Wildman–Crippen LogP) is 2.99. The minimum Gasteiger partial charge on any atom is -0.297 e. The van der Waals surface area contributed by atoms with Crippen molar-refractivity contribution in [3.63, 3.8) is 0 Å². The Kier molecular flexibility index (Phi) is 1.84. The summed E-state index contributed by atoms with van der Waals surface area (Å²) in [6.07, 6.45) is 0.587. The van der Waals surface area contributed by atoms with Crippen molar-refractivity contribution < 1.29 is 13.6 Å². The zero-order chi connectivity index (χ0) is 9.42. The van der Waals surface area contributed by atoms with Crippen LogP contribution in [0.2, 0.25) is 0 Å². The molecule has 1 heterocycles. The van der Waals surface area contributed by atoms with Crippen LogP contribution in [0, 0.1) is 11.6 Å². The van der Waals surface area contributed by atoms with E-state index in [1.807, 2.05) is 0 Å². The van der Waals surface area contributed by atoms with Gasteiger partial charge in [-0.05, 0) is 18.2 Å². The van der Waals surface area contributed by atoms with Crippen molar-refractivity contribution in [1.82, 2.24) is 0 Å². The van der Waals surface area contributed by atoms with Gasteiger partial charge < -0.3 is 0 Å². The minimum atomic E-state index is -0.499. The van der Waals surface area contributed by atoms with Crippen LogP contribution in [-0.2, 0) is 0 Å². The molecule has 0 aliphatic carbocycles. The predicted molar refractivity (Wildman–Crippen MR) is 47.1 cm³/mol. The van der Waals surface area contributed by atoms with Crippen LogP contribution in [-0.4, -0.2) is 6.29 Å². The summed E-state index contributed by atoms with van der Waals surface area (Å²) in [5.41, 5.74) is 0. The third-order valence-corrected chi connectivity index (χ3v) is 2.79. The van der Waals surface area contributed by atoms with Crippen molar-refractivity contribution >= 4 is 27.7 Å². The molecule has 0 bridgehead atoms. The molecule has 0 aliphatic rings. The molecular formula is C9H4F2OS. The van der Waals surface area contributed by atoms with Crippen molar-refractivity contribution in [3.8, 4) is 0 Å². The number of fused-ring (bicyclic) bond motifs is 1. The summed E-state index contributed by atoms with van der Waals surface area (Å²) in [7, 11) is 0. The highest BCUT2D eigenvalue weighted by Crippen LogP contribution is 2.28. The molecule has 0 spiro atoms. The third kappa shape index (κ3) is 1.23. The average molecular weight is 198 g/mol. The first-order valence-electron chi connectivity index (χ1n) is 3.55. The fraction of sp³-hybridized carbons (Fsp3) is 0. The third-order valence-electron chi connectivity index (χ3n) is 1.72. The van der Waals surface area contributed by atoms with E-state index in [2.05, 4.69) is 0 Å². The zero-order valence-electron chi connectivity index (χ0n) is 6.38. The van der Waals surface area contributed by atoms with Crippen LogP contribution in [0.3, 0.4) is 0 Å². The first kappa shape index (κ1) is 8.31. The molecule has 0 amide bonds. The highest BCUT2D eigenvalue weighted by atomic mass is 32.1. The maximum Gasteiger partial charge on any atom is 0.160 e. The van der Waals surface area contributed by atoms with E-state index < -0.39 is 11.6 Å². The van der Waals surface area contributed by atoms with Crippen molar-refractivity contribution in [2.24, 2.45) is 0 Å². The van der Waals surface area contributed by atoms with Crippen LogP contribution in [0.4, 0.5) is 8.78 Å². The Labute approximate surface area is 76.6 Å². The molecule has 1 nitrogen and oxygen atoms in total. The summed E-state index contributed by atoms with van der Waals surface area (Å²) in [5.74, 6) is -0.991. The number of carbonyl (C=O) groups is 1. The van der Waals surface area contributed by atoms with Gasteiger partial charge in [0.2, 0.25) is 0 Å². The van der Waals surface area contributed by atoms with E-state index >= 15 is 0 Å². The quantitative estimate of drug-likeness (QED) is 0.644. The first-order chi connectivity index (χ1) is 6.22. The summed E-state index contributed by atoms with van der Waals surface area (Å²) in [4.78, 5) is 10.7. The zero-order valence-corrected chi connectivity index (χ0v) is 7.20. The van der Waals surface area contributed by atoms with Crippen LogP contribution in [0.25, 0.3) is 10.1 Å². The number of thiophene rings is 1. The van der Waals surface area contributed by atoms with E-state index in [1.165, 1.54) is 6.07 Å². The fourth-order valence-electron chi connectivity index (χ4n) is 1.13. The molecule has 0 saturated heterocycles. The van der Waals surface area contributed by atoms with Gasteiger partial charge in [-0.25, -0.2) is 8.78 Å². The molecule has 0 fully saturated rings. The molecule has 2 aromatic rings. The second kappa shape index (κ2) is 2.88. The van der Waals surface area contributed by atoms with Crippen LogP contribution in [0.15, 0.2) is 18.2 Å². The van der Waals surface area contributed by atoms with E-state index in [4.69, 9.17) is 0 Å². The van der Waals surface area contributed by atoms with E-state index in [-0.39, 0.29) is 10.1 Å². The molecule has 1 aromatic carbocycles. The lowest BCUT2D eigenvalue weighted by Gasteiger charge is -1.91. The Balaban J connectivity index is 2.87. The largest absolute Gasteiger partial charge is 0.297 e. The smallest absolute Gasteiger partial charge is 0.160 e. The molecule has 66 valence electrons. The normalized spacial score (nSPS) is 10.6. The van der Waals surface area contributed by atoms with Crippen LogP contribution < -0.4 is 0 Å². The lowest BCUT2D eigenvalue weighted by molar-refractivity contribution is 0.112. The number of rotatable bonds is 1. The molecule has 0 atom stereocenters.